The number of aliphatic hydroxyl groups is 1. The van der Waals surface area contributed by atoms with Gasteiger partial charge in [-0.2, -0.15) is 0 Å². The highest BCUT2D eigenvalue weighted by molar-refractivity contribution is 5.89. The largest absolute Gasteiger partial charge is 0.454 e. The van der Waals surface area contributed by atoms with Crippen LogP contribution in [0, 0.1) is 5.92 Å². The van der Waals surface area contributed by atoms with Crippen molar-refractivity contribution in [3.8, 4) is 0 Å². The Balaban J connectivity index is 2.19. The lowest BCUT2D eigenvalue weighted by Crippen LogP contribution is -2.26. The van der Waals surface area contributed by atoms with E-state index in [4.69, 9.17) is 4.74 Å². The molecule has 0 aromatic heterocycles. The summed E-state index contributed by atoms with van der Waals surface area (Å²) in [5, 5.41) is 9.45. The molecule has 2 aromatic carbocycles. The molecule has 2 rings (SSSR count). The summed E-state index contributed by atoms with van der Waals surface area (Å²) in [4.78, 5) is 12.3. The quantitative estimate of drug-likeness (QED) is 0.822. The number of benzene rings is 2. The average Bonchev–Trinajstić information content (AvgIpc) is 2.61. The summed E-state index contributed by atoms with van der Waals surface area (Å²) >= 11 is 0. The molecule has 1 N–H and O–H groups in total. The molecule has 0 unspecified atom stereocenters. The maximum Gasteiger partial charge on any atom is 0.338 e. The molecule has 3 heteroatoms. The standard InChI is InChI=1S/C20H22O3/c1-15(17-9-5-3-6-10-17)13-19(16(2)14-21)23-20(22)18-11-7-4-8-12-18/h3-13,16,19,21H,14H2,1-2H3/b15-13+/t16-,19+/m0/s1. The van der Waals surface area contributed by atoms with Crippen LogP contribution in [0.1, 0.15) is 29.8 Å². The fourth-order valence-electron chi connectivity index (χ4n) is 2.23. The second-order valence-corrected chi connectivity index (χ2v) is 5.61. The lowest BCUT2D eigenvalue weighted by atomic mass is 9.99. The first-order valence-electron chi connectivity index (χ1n) is 7.72. The van der Waals surface area contributed by atoms with E-state index in [1.54, 1.807) is 24.3 Å². The van der Waals surface area contributed by atoms with Crippen LogP contribution >= 0.6 is 0 Å². The molecule has 0 saturated carbocycles. The molecular formula is C20H22O3. The molecule has 0 heterocycles. The molecule has 120 valence electrons. The van der Waals surface area contributed by atoms with Gasteiger partial charge in [-0.15, -0.1) is 0 Å². The Morgan fingerprint density at radius 1 is 1.04 bits per heavy atom. The van der Waals surface area contributed by atoms with Crippen molar-refractivity contribution in [2.75, 3.05) is 6.61 Å². The molecule has 0 spiro atoms. The lowest BCUT2D eigenvalue weighted by Gasteiger charge is -2.21. The number of carbonyl (C=O) groups is 1. The van der Waals surface area contributed by atoms with Crippen molar-refractivity contribution in [3.05, 3.63) is 77.9 Å². The zero-order chi connectivity index (χ0) is 16.7. The molecule has 0 fully saturated rings. The number of rotatable bonds is 6. The third kappa shape index (κ3) is 4.80. The van der Waals surface area contributed by atoms with E-state index in [9.17, 15) is 9.90 Å². The van der Waals surface area contributed by atoms with Gasteiger partial charge >= 0.3 is 5.97 Å². The Labute approximate surface area is 137 Å². The van der Waals surface area contributed by atoms with Gasteiger partial charge in [-0.3, -0.25) is 0 Å². The van der Waals surface area contributed by atoms with Crippen LogP contribution in [0.5, 0.6) is 0 Å². The molecule has 0 saturated heterocycles. The first-order chi connectivity index (χ1) is 11.1. The highest BCUT2D eigenvalue weighted by Crippen LogP contribution is 2.19. The molecule has 23 heavy (non-hydrogen) atoms. The van der Waals surface area contributed by atoms with E-state index in [0.29, 0.717) is 5.56 Å². The average molecular weight is 310 g/mol. The predicted molar refractivity (Wildman–Crippen MR) is 92.0 cm³/mol. The van der Waals surface area contributed by atoms with Gasteiger partial charge in [0.15, 0.2) is 0 Å². The van der Waals surface area contributed by atoms with Crippen molar-refractivity contribution >= 4 is 11.5 Å². The first-order valence-corrected chi connectivity index (χ1v) is 7.72. The number of aliphatic hydroxyl groups excluding tert-OH is 1. The minimum Gasteiger partial charge on any atom is -0.454 e. The molecule has 0 bridgehead atoms. The van der Waals surface area contributed by atoms with Gasteiger partial charge in [-0.25, -0.2) is 4.79 Å². The van der Waals surface area contributed by atoms with E-state index in [2.05, 4.69) is 0 Å². The Bertz CT molecular complexity index is 647. The SMILES string of the molecule is C/C(=C\[C@@H](OC(=O)c1ccccc1)[C@@H](C)CO)c1ccccc1. The maximum absolute atomic E-state index is 12.3. The third-order valence-corrected chi connectivity index (χ3v) is 3.74. The van der Waals surface area contributed by atoms with Gasteiger partial charge in [0, 0.05) is 12.5 Å². The van der Waals surface area contributed by atoms with Crippen LogP contribution in [-0.2, 0) is 4.74 Å². The smallest absolute Gasteiger partial charge is 0.338 e. The highest BCUT2D eigenvalue weighted by Gasteiger charge is 2.20. The lowest BCUT2D eigenvalue weighted by molar-refractivity contribution is 0.0223. The van der Waals surface area contributed by atoms with Crippen molar-refractivity contribution in [1.82, 2.24) is 0 Å². The second-order valence-electron chi connectivity index (χ2n) is 5.61. The summed E-state index contributed by atoms with van der Waals surface area (Å²) < 4.78 is 5.61. The molecule has 2 atom stereocenters. The zero-order valence-electron chi connectivity index (χ0n) is 13.5. The van der Waals surface area contributed by atoms with E-state index >= 15 is 0 Å². The van der Waals surface area contributed by atoms with Gasteiger partial charge in [-0.05, 0) is 36.3 Å². The van der Waals surface area contributed by atoms with Crippen LogP contribution in [0.4, 0.5) is 0 Å². The molecular weight excluding hydrogens is 288 g/mol. The molecule has 0 amide bonds. The van der Waals surface area contributed by atoms with Gasteiger partial charge in [0.25, 0.3) is 0 Å². The second kappa shape index (κ2) is 8.30. The van der Waals surface area contributed by atoms with E-state index in [1.807, 2.05) is 56.3 Å². The number of hydrogen-bond donors (Lipinski definition) is 1. The van der Waals surface area contributed by atoms with E-state index < -0.39 is 6.10 Å². The van der Waals surface area contributed by atoms with Crippen molar-refractivity contribution in [2.45, 2.75) is 20.0 Å². The van der Waals surface area contributed by atoms with Gasteiger partial charge in [0.1, 0.15) is 6.10 Å². The first kappa shape index (κ1) is 17.0. The van der Waals surface area contributed by atoms with Gasteiger partial charge < -0.3 is 9.84 Å². The van der Waals surface area contributed by atoms with Crippen molar-refractivity contribution in [2.24, 2.45) is 5.92 Å². The van der Waals surface area contributed by atoms with Crippen molar-refractivity contribution in [1.29, 1.82) is 0 Å². The summed E-state index contributed by atoms with van der Waals surface area (Å²) in [7, 11) is 0. The number of esters is 1. The Morgan fingerprint density at radius 3 is 2.09 bits per heavy atom. The van der Waals surface area contributed by atoms with Gasteiger partial charge in [0.05, 0.1) is 5.56 Å². The summed E-state index contributed by atoms with van der Waals surface area (Å²) in [6.45, 7) is 3.78. The Morgan fingerprint density at radius 2 is 1.57 bits per heavy atom. The fourth-order valence-corrected chi connectivity index (χ4v) is 2.23. The normalized spacial score (nSPS) is 14.1. The van der Waals surface area contributed by atoms with Crippen LogP contribution < -0.4 is 0 Å². The summed E-state index contributed by atoms with van der Waals surface area (Å²) in [6.07, 6.45) is 1.42. The van der Waals surface area contributed by atoms with Crippen LogP contribution in [0.25, 0.3) is 5.57 Å². The van der Waals surface area contributed by atoms with E-state index in [0.717, 1.165) is 11.1 Å². The van der Waals surface area contributed by atoms with Crippen LogP contribution in [0.2, 0.25) is 0 Å². The number of hydrogen-bond acceptors (Lipinski definition) is 3. The van der Waals surface area contributed by atoms with Crippen molar-refractivity contribution < 1.29 is 14.6 Å². The summed E-state index contributed by atoms with van der Waals surface area (Å²) in [5.74, 6) is -0.561. The molecule has 2 aromatic rings. The fraction of sp³-hybridized carbons (Fsp3) is 0.250. The van der Waals surface area contributed by atoms with E-state index in [1.165, 1.54) is 0 Å². The molecule has 0 aliphatic heterocycles. The van der Waals surface area contributed by atoms with Gasteiger partial charge in [0.2, 0.25) is 0 Å². The predicted octanol–water partition coefficient (Wildman–Crippen LogP) is 3.94. The maximum atomic E-state index is 12.3. The molecule has 0 radical (unpaired) electrons. The minimum atomic E-state index is -0.479. The monoisotopic (exact) mass is 310 g/mol. The molecule has 3 nitrogen and oxygen atoms in total. The minimum absolute atomic E-state index is 0.0503. The molecule has 0 aliphatic carbocycles. The number of allylic oxidation sites excluding steroid dienone is 1. The summed E-state index contributed by atoms with van der Waals surface area (Å²) in [6, 6.07) is 18.8. The molecule has 0 aliphatic rings. The Hall–Kier alpha value is -2.39. The van der Waals surface area contributed by atoms with Crippen LogP contribution in [-0.4, -0.2) is 23.8 Å². The van der Waals surface area contributed by atoms with Gasteiger partial charge in [-0.1, -0.05) is 55.5 Å². The zero-order valence-corrected chi connectivity index (χ0v) is 13.5. The summed E-state index contributed by atoms with van der Waals surface area (Å²) in [5.41, 5.74) is 2.59. The Kier molecular flexibility index (Phi) is 6.12. The van der Waals surface area contributed by atoms with Crippen LogP contribution in [0.15, 0.2) is 66.7 Å². The van der Waals surface area contributed by atoms with Crippen molar-refractivity contribution in [3.63, 3.8) is 0 Å². The van der Waals surface area contributed by atoms with Crippen LogP contribution in [0.3, 0.4) is 0 Å². The number of ether oxygens (including phenoxy) is 1. The third-order valence-electron chi connectivity index (χ3n) is 3.74. The highest BCUT2D eigenvalue weighted by atomic mass is 16.5. The topological polar surface area (TPSA) is 46.5 Å². The number of carbonyl (C=O) groups excluding carboxylic acids is 1. The van der Waals surface area contributed by atoms with E-state index in [-0.39, 0.29) is 18.5 Å².